The molecule has 1 aromatic carbocycles. The maximum Gasteiger partial charge on any atom is 0.260 e. The number of aromatic nitrogens is 1. The molecular formula is C21H29N4O3+. The van der Waals surface area contributed by atoms with Crippen molar-refractivity contribution in [2.45, 2.75) is 33.9 Å². The van der Waals surface area contributed by atoms with Crippen LogP contribution in [0, 0.1) is 0 Å². The highest BCUT2D eigenvalue weighted by atomic mass is 16.5. The number of quaternary nitrogens is 1. The van der Waals surface area contributed by atoms with E-state index in [0.717, 1.165) is 36.5 Å². The Morgan fingerprint density at radius 3 is 2.61 bits per heavy atom. The number of rotatable bonds is 9. The molecular weight excluding hydrogens is 356 g/mol. The van der Waals surface area contributed by atoms with Gasteiger partial charge in [-0.25, -0.2) is 5.43 Å². The Bertz CT molecular complexity index is 885. The third-order valence-corrected chi connectivity index (χ3v) is 4.70. The molecule has 0 spiro atoms. The van der Waals surface area contributed by atoms with Crippen molar-refractivity contribution in [2.24, 2.45) is 5.10 Å². The molecule has 0 aliphatic carbocycles. The predicted molar refractivity (Wildman–Crippen MR) is 110 cm³/mol. The highest BCUT2D eigenvalue weighted by Crippen LogP contribution is 2.19. The van der Waals surface area contributed by atoms with E-state index in [1.807, 2.05) is 19.1 Å². The molecule has 0 aliphatic rings. The van der Waals surface area contributed by atoms with Crippen molar-refractivity contribution >= 4 is 11.6 Å². The maximum absolute atomic E-state index is 12.1. The summed E-state index contributed by atoms with van der Waals surface area (Å²) in [6, 6.07) is 10.7. The van der Waals surface area contributed by atoms with Gasteiger partial charge in [-0.15, -0.1) is 0 Å². The third kappa shape index (κ3) is 5.79. The zero-order chi connectivity index (χ0) is 20.5. The fourth-order valence-electron chi connectivity index (χ4n) is 2.90. The van der Waals surface area contributed by atoms with Gasteiger partial charge < -0.3 is 14.2 Å². The van der Waals surface area contributed by atoms with Gasteiger partial charge in [0.15, 0.2) is 0 Å². The third-order valence-electron chi connectivity index (χ3n) is 4.70. The fraction of sp³-hybridized carbons (Fsp3) is 0.381. The SMILES string of the molecule is CC[NH+](CC)Cc1cc(/C(C)=N\NC(=O)Cn2ccccc2=O)ccc1OC. The van der Waals surface area contributed by atoms with E-state index in [4.69, 9.17) is 4.74 Å². The highest BCUT2D eigenvalue weighted by Gasteiger charge is 2.12. The lowest BCUT2D eigenvalue weighted by Gasteiger charge is -2.18. The van der Waals surface area contributed by atoms with E-state index in [1.54, 1.807) is 25.4 Å². The second-order valence-electron chi connectivity index (χ2n) is 6.56. The molecule has 0 unspecified atom stereocenters. The number of nitrogens with one attached hydrogen (secondary N) is 2. The van der Waals surface area contributed by atoms with E-state index in [1.165, 1.54) is 15.5 Å². The molecule has 0 radical (unpaired) electrons. The van der Waals surface area contributed by atoms with Crippen molar-refractivity contribution < 1.29 is 14.4 Å². The molecule has 1 heterocycles. The summed E-state index contributed by atoms with van der Waals surface area (Å²) in [6.45, 7) is 9.02. The van der Waals surface area contributed by atoms with Crippen LogP contribution in [0.3, 0.4) is 0 Å². The van der Waals surface area contributed by atoms with Crippen LogP contribution in [0.25, 0.3) is 0 Å². The smallest absolute Gasteiger partial charge is 0.260 e. The van der Waals surface area contributed by atoms with Gasteiger partial charge in [0, 0.05) is 17.8 Å². The normalized spacial score (nSPS) is 11.5. The van der Waals surface area contributed by atoms with E-state index in [-0.39, 0.29) is 18.0 Å². The van der Waals surface area contributed by atoms with Gasteiger partial charge in [0.2, 0.25) is 0 Å². The number of hydrogen-bond donors (Lipinski definition) is 2. The lowest BCUT2D eigenvalue weighted by molar-refractivity contribution is -0.910. The van der Waals surface area contributed by atoms with Crippen molar-refractivity contribution in [2.75, 3.05) is 20.2 Å². The molecule has 7 heteroatoms. The molecule has 2 N–H and O–H groups in total. The van der Waals surface area contributed by atoms with Gasteiger partial charge in [-0.1, -0.05) is 6.07 Å². The first kappa shape index (κ1) is 21.4. The lowest BCUT2D eigenvalue weighted by atomic mass is 10.1. The predicted octanol–water partition coefficient (Wildman–Crippen LogP) is 0.822. The second kappa shape index (κ2) is 10.4. The van der Waals surface area contributed by atoms with Crippen LogP contribution in [0.5, 0.6) is 5.75 Å². The van der Waals surface area contributed by atoms with Crippen LogP contribution < -0.4 is 20.6 Å². The van der Waals surface area contributed by atoms with Gasteiger partial charge in [-0.3, -0.25) is 9.59 Å². The number of carbonyl (C=O) groups excluding carboxylic acids is 1. The Balaban J connectivity index is 2.11. The monoisotopic (exact) mass is 385 g/mol. The summed E-state index contributed by atoms with van der Waals surface area (Å²) in [5.74, 6) is 0.498. The van der Waals surface area contributed by atoms with Crippen molar-refractivity contribution in [1.29, 1.82) is 0 Å². The minimum Gasteiger partial charge on any atom is -0.496 e. The molecule has 28 heavy (non-hydrogen) atoms. The number of hydrazone groups is 1. The van der Waals surface area contributed by atoms with Crippen LogP contribution in [-0.2, 0) is 17.9 Å². The number of amides is 1. The van der Waals surface area contributed by atoms with E-state index >= 15 is 0 Å². The maximum atomic E-state index is 12.1. The Morgan fingerprint density at radius 1 is 1.21 bits per heavy atom. The minimum atomic E-state index is -0.353. The molecule has 0 fully saturated rings. The van der Waals surface area contributed by atoms with Crippen LogP contribution >= 0.6 is 0 Å². The van der Waals surface area contributed by atoms with Gasteiger partial charge >= 0.3 is 0 Å². The van der Waals surface area contributed by atoms with Crippen LogP contribution in [0.1, 0.15) is 31.9 Å². The topological polar surface area (TPSA) is 77.1 Å². The summed E-state index contributed by atoms with van der Waals surface area (Å²) >= 11 is 0. The summed E-state index contributed by atoms with van der Waals surface area (Å²) < 4.78 is 6.82. The summed E-state index contributed by atoms with van der Waals surface area (Å²) in [5, 5.41) is 4.19. The Kier molecular flexibility index (Phi) is 7.95. The Hall–Kier alpha value is -2.93. The van der Waals surface area contributed by atoms with Gasteiger partial charge in [0.25, 0.3) is 11.5 Å². The number of pyridine rings is 1. The summed E-state index contributed by atoms with van der Waals surface area (Å²) in [4.78, 5) is 25.2. The number of benzene rings is 1. The van der Waals surface area contributed by atoms with Crippen molar-refractivity contribution in [3.8, 4) is 5.75 Å². The van der Waals surface area contributed by atoms with Gasteiger partial charge in [-0.05, 0) is 50.6 Å². The number of ether oxygens (including phenoxy) is 1. The van der Waals surface area contributed by atoms with Crippen molar-refractivity contribution in [3.63, 3.8) is 0 Å². The van der Waals surface area contributed by atoms with E-state index in [9.17, 15) is 9.59 Å². The van der Waals surface area contributed by atoms with Crippen LogP contribution in [0.4, 0.5) is 0 Å². The molecule has 7 nitrogen and oxygen atoms in total. The average Bonchev–Trinajstić information content (AvgIpc) is 2.71. The molecule has 1 aromatic heterocycles. The molecule has 150 valence electrons. The lowest BCUT2D eigenvalue weighted by Crippen LogP contribution is -3.10. The molecule has 1 amide bonds. The first-order chi connectivity index (χ1) is 13.5. The quantitative estimate of drug-likeness (QED) is 0.496. The zero-order valence-corrected chi connectivity index (χ0v) is 17.0. The standard InChI is InChI=1S/C21H28N4O3/c1-5-24(6-2)14-18-13-17(10-11-19(18)28-4)16(3)22-23-20(26)15-25-12-8-7-9-21(25)27/h7-13H,5-6,14-15H2,1-4H3,(H,23,26)/p+1/b22-16-. The van der Waals surface area contributed by atoms with E-state index in [0.29, 0.717) is 5.71 Å². The molecule has 0 bridgehead atoms. The first-order valence-corrected chi connectivity index (χ1v) is 9.47. The minimum absolute atomic E-state index is 0.0738. The molecule has 2 aromatic rings. The van der Waals surface area contributed by atoms with E-state index < -0.39 is 0 Å². The zero-order valence-electron chi connectivity index (χ0n) is 17.0. The number of carbonyl (C=O) groups is 1. The van der Waals surface area contributed by atoms with Gasteiger partial charge in [0.1, 0.15) is 18.8 Å². The van der Waals surface area contributed by atoms with Crippen molar-refractivity contribution in [1.82, 2.24) is 9.99 Å². The molecule has 0 saturated carbocycles. The van der Waals surface area contributed by atoms with Crippen LogP contribution in [-0.4, -0.2) is 36.4 Å². The Morgan fingerprint density at radius 2 is 1.96 bits per heavy atom. The van der Waals surface area contributed by atoms with Gasteiger partial charge in [-0.2, -0.15) is 5.10 Å². The van der Waals surface area contributed by atoms with Gasteiger partial charge in [0.05, 0.1) is 25.9 Å². The fourth-order valence-corrected chi connectivity index (χ4v) is 2.90. The largest absolute Gasteiger partial charge is 0.496 e. The molecule has 2 rings (SSSR count). The number of hydrogen-bond acceptors (Lipinski definition) is 4. The van der Waals surface area contributed by atoms with E-state index in [2.05, 4.69) is 30.4 Å². The molecule has 0 saturated heterocycles. The average molecular weight is 385 g/mol. The van der Waals surface area contributed by atoms with Crippen LogP contribution in [0.15, 0.2) is 52.5 Å². The van der Waals surface area contributed by atoms with Crippen LogP contribution in [0.2, 0.25) is 0 Å². The second-order valence-corrected chi connectivity index (χ2v) is 6.56. The molecule has 0 atom stereocenters. The van der Waals surface area contributed by atoms with Crippen molar-refractivity contribution in [3.05, 3.63) is 64.1 Å². The first-order valence-electron chi connectivity index (χ1n) is 9.47. The summed E-state index contributed by atoms with van der Waals surface area (Å²) in [6.07, 6.45) is 1.57. The Labute approximate surface area is 165 Å². The number of nitrogens with zero attached hydrogens (tertiary/aromatic N) is 2. The molecule has 0 aliphatic heterocycles. The summed E-state index contributed by atoms with van der Waals surface area (Å²) in [5.41, 5.74) is 5.01. The highest BCUT2D eigenvalue weighted by molar-refractivity contribution is 5.99. The number of methoxy groups -OCH3 is 1. The summed E-state index contributed by atoms with van der Waals surface area (Å²) in [7, 11) is 1.67.